The molecule has 0 aliphatic heterocycles. The quantitative estimate of drug-likeness (QED) is 0.640. The van der Waals surface area contributed by atoms with Gasteiger partial charge >= 0.3 is 0 Å². The highest BCUT2D eigenvalue weighted by molar-refractivity contribution is 4.62. The van der Waals surface area contributed by atoms with Crippen LogP contribution in [0.5, 0.6) is 0 Å². The summed E-state index contributed by atoms with van der Waals surface area (Å²) in [7, 11) is 0. The van der Waals surface area contributed by atoms with Crippen LogP contribution in [0.15, 0.2) is 0 Å². The first-order valence-electron chi connectivity index (χ1n) is 4.44. The van der Waals surface area contributed by atoms with E-state index < -0.39 is 0 Å². The van der Waals surface area contributed by atoms with Gasteiger partial charge in [0.1, 0.15) is 0 Å². The number of hydrogen-bond acceptors (Lipinski definition) is 2. The zero-order valence-corrected chi connectivity index (χ0v) is 7.75. The van der Waals surface area contributed by atoms with Gasteiger partial charge in [0.05, 0.1) is 12.2 Å². The lowest BCUT2D eigenvalue weighted by Crippen LogP contribution is -2.17. The average molecular weight is 160 g/mol. The fourth-order valence-corrected chi connectivity index (χ4v) is 0.901. The minimum Gasteiger partial charge on any atom is -0.393 e. The Labute approximate surface area is 69.2 Å². The number of aliphatic hydroxyl groups is 2. The van der Waals surface area contributed by atoms with Gasteiger partial charge in [-0.15, -0.1) is 0 Å². The van der Waals surface area contributed by atoms with Gasteiger partial charge in [0, 0.05) is 0 Å². The van der Waals surface area contributed by atoms with E-state index in [1.165, 1.54) is 0 Å². The molecular formula is C9H20O2. The van der Waals surface area contributed by atoms with Crippen LogP contribution in [0, 0.1) is 5.92 Å². The summed E-state index contributed by atoms with van der Waals surface area (Å²) in [5.41, 5.74) is 0. The van der Waals surface area contributed by atoms with E-state index in [0.717, 1.165) is 12.8 Å². The molecule has 0 saturated carbocycles. The van der Waals surface area contributed by atoms with Crippen LogP contribution in [0.2, 0.25) is 0 Å². The molecule has 0 amide bonds. The second-order valence-corrected chi connectivity index (χ2v) is 3.45. The maximum atomic E-state index is 9.36. The van der Waals surface area contributed by atoms with Crippen LogP contribution in [0.3, 0.4) is 0 Å². The van der Waals surface area contributed by atoms with Crippen molar-refractivity contribution in [3.63, 3.8) is 0 Å². The number of aliphatic hydroxyl groups excluding tert-OH is 2. The van der Waals surface area contributed by atoms with Crippen LogP contribution in [0.1, 0.15) is 40.0 Å². The standard InChI is InChI=1S/C9H20O2/c1-4-8(10)5-6-9(11)7(2)3/h7-11H,4-6H2,1-3H3. The highest BCUT2D eigenvalue weighted by Crippen LogP contribution is 2.10. The molecule has 2 unspecified atom stereocenters. The third-order valence-corrected chi connectivity index (χ3v) is 2.04. The van der Waals surface area contributed by atoms with E-state index in [0.29, 0.717) is 12.3 Å². The summed E-state index contributed by atoms with van der Waals surface area (Å²) in [6.07, 6.45) is 1.73. The Balaban J connectivity index is 3.37. The molecule has 2 heteroatoms. The summed E-state index contributed by atoms with van der Waals surface area (Å²) in [6.45, 7) is 5.93. The fourth-order valence-electron chi connectivity index (χ4n) is 0.901. The smallest absolute Gasteiger partial charge is 0.0564 e. The molecule has 2 nitrogen and oxygen atoms in total. The maximum absolute atomic E-state index is 9.36. The molecule has 2 atom stereocenters. The largest absolute Gasteiger partial charge is 0.393 e. The molecule has 0 fully saturated rings. The van der Waals surface area contributed by atoms with Gasteiger partial charge in [-0.2, -0.15) is 0 Å². The molecule has 0 spiro atoms. The SMILES string of the molecule is CCC(O)CCC(O)C(C)C. The molecule has 0 aliphatic rings. The Morgan fingerprint density at radius 1 is 1.09 bits per heavy atom. The summed E-state index contributed by atoms with van der Waals surface area (Å²) in [5, 5.41) is 18.5. The third-order valence-electron chi connectivity index (χ3n) is 2.04. The fraction of sp³-hybridized carbons (Fsp3) is 1.00. The second-order valence-electron chi connectivity index (χ2n) is 3.45. The van der Waals surface area contributed by atoms with Crippen LogP contribution >= 0.6 is 0 Å². The average Bonchev–Trinajstić information content (AvgIpc) is 1.99. The normalized spacial score (nSPS) is 16.9. The third kappa shape index (κ3) is 5.22. The maximum Gasteiger partial charge on any atom is 0.0564 e. The van der Waals surface area contributed by atoms with Crippen molar-refractivity contribution in [1.82, 2.24) is 0 Å². The van der Waals surface area contributed by atoms with Gasteiger partial charge in [-0.3, -0.25) is 0 Å². The van der Waals surface area contributed by atoms with Gasteiger partial charge in [0.25, 0.3) is 0 Å². The molecule has 0 heterocycles. The molecule has 0 bridgehead atoms. The van der Waals surface area contributed by atoms with E-state index in [9.17, 15) is 10.2 Å². The van der Waals surface area contributed by atoms with Gasteiger partial charge < -0.3 is 10.2 Å². The van der Waals surface area contributed by atoms with Gasteiger partial charge in [0.15, 0.2) is 0 Å². The lowest BCUT2D eigenvalue weighted by Gasteiger charge is -2.15. The zero-order chi connectivity index (χ0) is 8.85. The first-order valence-corrected chi connectivity index (χ1v) is 4.44. The summed E-state index contributed by atoms with van der Waals surface area (Å²) >= 11 is 0. The molecule has 0 radical (unpaired) electrons. The molecule has 11 heavy (non-hydrogen) atoms. The van der Waals surface area contributed by atoms with Crippen molar-refractivity contribution in [3.8, 4) is 0 Å². The van der Waals surface area contributed by atoms with E-state index in [1.807, 2.05) is 20.8 Å². The Kier molecular flexibility index (Phi) is 5.51. The summed E-state index contributed by atoms with van der Waals surface area (Å²) in [4.78, 5) is 0. The van der Waals surface area contributed by atoms with E-state index in [-0.39, 0.29) is 12.2 Å². The van der Waals surface area contributed by atoms with Crippen LogP contribution < -0.4 is 0 Å². The van der Waals surface area contributed by atoms with Gasteiger partial charge in [-0.25, -0.2) is 0 Å². The molecule has 68 valence electrons. The van der Waals surface area contributed by atoms with E-state index in [1.54, 1.807) is 0 Å². The van der Waals surface area contributed by atoms with Crippen LogP contribution in [0.4, 0.5) is 0 Å². The Bertz CT molecular complexity index is 91.6. The second kappa shape index (κ2) is 5.56. The Hall–Kier alpha value is -0.0800. The van der Waals surface area contributed by atoms with Crippen molar-refractivity contribution in [1.29, 1.82) is 0 Å². The Morgan fingerprint density at radius 2 is 1.64 bits per heavy atom. The highest BCUT2D eigenvalue weighted by Gasteiger charge is 2.10. The molecular weight excluding hydrogens is 140 g/mol. The van der Waals surface area contributed by atoms with Crippen molar-refractivity contribution in [2.45, 2.75) is 52.2 Å². The van der Waals surface area contributed by atoms with E-state index in [2.05, 4.69) is 0 Å². The van der Waals surface area contributed by atoms with E-state index in [4.69, 9.17) is 0 Å². The lowest BCUT2D eigenvalue weighted by atomic mass is 10.00. The van der Waals surface area contributed by atoms with Crippen LogP contribution in [0.25, 0.3) is 0 Å². The predicted molar refractivity (Wildman–Crippen MR) is 46.4 cm³/mol. The molecule has 0 rings (SSSR count). The van der Waals surface area contributed by atoms with E-state index >= 15 is 0 Å². The number of hydrogen-bond donors (Lipinski definition) is 2. The Morgan fingerprint density at radius 3 is 2.00 bits per heavy atom. The molecule has 0 saturated heterocycles. The summed E-state index contributed by atoms with van der Waals surface area (Å²) in [5.74, 6) is 0.305. The predicted octanol–water partition coefficient (Wildman–Crippen LogP) is 1.55. The number of rotatable bonds is 5. The van der Waals surface area contributed by atoms with Crippen LogP contribution in [-0.4, -0.2) is 22.4 Å². The van der Waals surface area contributed by atoms with Crippen molar-refractivity contribution in [3.05, 3.63) is 0 Å². The molecule has 2 N–H and O–H groups in total. The first kappa shape index (κ1) is 10.9. The highest BCUT2D eigenvalue weighted by atomic mass is 16.3. The molecule has 0 aromatic carbocycles. The van der Waals surface area contributed by atoms with Gasteiger partial charge in [0.2, 0.25) is 0 Å². The molecule has 0 aliphatic carbocycles. The van der Waals surface area contributed by atoms with Gasteiger partial charge in [-0.05, 0) is 25.2 Å². The van der Waals surface area contributed by atoms with Crippen LogP contribution in [-0.2, 0) is 0 Å². The van der Waals surface area contributed by atoms with Crippen molar-refractivity contribution in [2.75, 3.05) is 0 Å². The summed E-state index contributed by atoms with van der Waals surface area (Å²) < 4.78 is 0. The topological polar surface area (TPSA) is 40.5 Å². The lowest BCUT2D eigenvalue weighted by molar-refractivity contribution is 0.0842. The monoisotopic (exact) mass is 160 g/mol. The minimum atomic E-state index is -0.254. The first-order chi connectivity index (χ1) is 5.07. The zero-order valence-electron chi connectivity index (χ0n) is 7.75. The molecule has 0 aromatic heterocycles. The van der Waals surface area contributed by atoms with Gasteiger partial charge in [-0.1, -0.05) is 20.8 Å². The van der Waals surface area contributed by atoms with Crippen molar-refractivity contribution >= 4 is 0 Å². The summed E-state index contributed by atoms with van der Waals surface area (Å²) in [6, 6.07) is 0. The molecule has 0 aromatic rings. The minimum absolute atomic E-state index is 0.233. The van der Waals surface area contributed by atoms with Crippen molar-refractivity contribution < 1.29 is 10.2 Å². The van der Waals surface area contributed by atoms with Crippen molar-refractivity contribution in [2.24, 2.45) is 5.92 Å².